The zero-order chi connectivity index (χ0) is 11.4. The van der Waals surface area contributed by atoms with Crippen LogP contribution >= 0.6 is 0 Å². The van der Waals surface area contributed by atoms with Crippen LogP contribution in [0.15, 0.2) is 12.1 Å². The fraction of sp³-hybridized carbons (Fsp3) is 0.692. The summed E-state index contributed by atoms with van der Waals surface area (Å²) in [6.07, 6.45) is 0. The highest BCUT2D eigenvalue weighted by molar-refractivity contribution is 5.15. The Morgan fingerprint density at radius 3 is 2.13 bits per heavy atom. The van der Waals surface area contributed by atoms with Crippen LogP contribution < -0.4 is 0 Å². The Balaban J connectivity index is 2.88. The van der Waals surface area contributed by atoms with E-state index in [1.807, 2.05) is 6.92 Å². The van der Waals surface area contributed by atoms with E-state index in [2.05, 4.69) is 44.4 Å². The normalized spacial score (nSPS) is 13.5. The van der Waals surface area contributed by atoms with Crippen molar-refractivity contribution < 1.29 is 4.74 Å². The summed E-state index contributed by atoms with van der Waals surface area (Å²) in [5.41, 5.74) is 2.65. The van der Waals surface area contributed by atoms with Gasteiger partial charge in [0, 0.05) is 18.0 Å². The summed E-state index contributed by atoms with van der Waals surface area (Å²) in [5, 5.41) is 0. The molecule has 0 spiro atoms. The van der Waals surface area contributed by atoms with E-state index in [0.29, 0.717) is 12.0 Å². The van der Waals surface area contributed by atoms with Gasteiger partial charge in [0.15, 0.2) is 0 Å². The van der Waals surface area contributed by atoms with Crippen LogP contribution in [0.1, 0.15) is 38.2 Å². The highest BCUT2D eigenvalue weighted by Crippen LogP contribution is 2.23. The minimum atomic E-state index is 0.458. The molecular formula is C13H23NO. The molecule has 1 rings (SSSR count). The van der Waals surface area contributed by atoms with Crippen LogP contribution in [0.25, 0.3) is 0 Å². The van der Waals surface area contributed by atoms with Crippen molar-refractivity contribution in [2.45, 2.75) is 40.7 Å². The van der Waals surface area contributed by atoms with Crippen molar-refractivity contribution in [3.63, 3.8) is 0 Å². The number of ether oxygens (including phenoxy) is 1. The van der Waals surface area contributed by atoms with Gasteiger partial charge in [0.25, 0.3) is 0 Å². The zero-order valence-corrected chi connectivity index (χ0v) is 10.6. The molecule has 2 heteroatoms. The molecule has 0 bridgehead atoms. The maximum Gasteiger partial charge on any atom is 0.0676 e. The van der Waals surface area contributed by atoms with Gasteiger partial charge in [0.1, 0.15) is 0 Å². The highest BCUT2D eigenvalue weighted by Gasteiger charge is 2.18. The molecule has 1 aromatic rings. The van der Waals surface area contributed by atoms with Gasteiger partial charge in [-0.15, -0.1) is 0 Å². The molecule has 0 aliphatic heterocycles. The zero-order valence-electron chi connectivity index (χ0n) is 10.6. The third kappa shape index (κ3) is 2.85. The summed E-state index contributed by atoms with van der Waals surface area (Å²) < 4.78 is 7.96. The molecule has 0 aliphatic carbocycles. The van der Waals surface area contributed by atoms with Crippen molar-refractivity contribution >= 4 is 0 Å². The molecule has 15 heavy (non-hydrogen) atoms. The molecule has 2 nitrogen and oxygen atoms in total. The van der Waals surface area contributed by atoms with Crippen LogP contribution in [0.3, 0.4) is 0 Å². The molecule has 0 saturated carbocycles. The maximum absolute atomic E-state index is 5.57. The fourth-order valence-corrected chi connectivity index (χ4v) is 2.01. The van der Waals surface area contributed by atoms with E-state index in [1.54, 1.807) is 0 Å². The predicted octanol–water partition coefficient (Wildman–Crippen LogP) is 3.34. The minimum Gasteiger partial charge on any atom is -0.380 e. The number of aromatic nitrogens is 1. The Kier molecular flexibility index (Phi) is 4.40. The first-order chi connectivity index (χ1) is 7.07. The second-order valence-corrected chi connectivity index (χ2v) is 4.46. The Hall–Kier alpha value is -0.760. The third-order valence-electron chi connectivity index (χ3n) is 2.92. The topological polar surface area (TPSA) is 14.2 Å². The largest absolute Gasteiger partial charge is 0.380 e. The number of aryl methyl sites for hydroxylation is 2. The van der Waals surface area contributed by atoms with Crippen LogP contribution in [0.2, 0.25) is 0 Å². The molecule has 1 unspecified atom stereocenters. The van der Waals surface area contributed by atoms with E-state index < -0.39 is 0 Å². The second-order valence-electron chi connectivity index (χ2n) is 4.46. The number of hydrogen-bond donors (Lipinski definition) is 0. The first-order valence-corrected chi connectivity index (χ1v) is 5.80. The molecular weight excluding hydrogens is 186 g/mol. The van der Waals surface area contributed by atoms with E-state index in [9.17, 15) is 0 Å². The van der Waals surface area contributed by atoms with Crippen LogP contribution in [-0.4, -0.2) is 17.8 Å². The summed E-state index contributed by atoms with van der Waals surface area (Å²) in [6, 6.07) is 4.81. The molecule has 1 atom stereocenters. The van der Waals surface area contributed by atoms with Gasteiger partial charge in [-0.05, 0) is 38.8 Å². The standard InChI is InChI=1S/C13H23NO/c1-6-15-9-13(10(2)3)14-11(4)7-8-12(14)5/h7-8,10,13H,6,9H2,1-5H3. The van der Waals surface area contributed by atoms with Crippen LogP contribution in [0, 0.1) is 19.8 Å². The molecule has 86 valence electrons. The molecule has 0 fully saturated rings. The third-order valence-corrected chi connectivity index (χ3v) is 2.92. The van der Waals surface area contributed by atoms with E-state index in [4.69, 9.17) is 4.74 Å². The Labute approximate surface area is 93.2 Å². The lowest BCUT2D eigenvalue weighted by molar-refractivity contribution is 0.0951. The van der Waals surface area contributed by atoms with Gasteiger partial charge in [-0.3, -0.25) is 0 Å². The van der Waals surface area contributed by atoms with Gasteiger partial charge in [-0.2, -0.15) is 0 Å². The van der Waals surface area contributed by atoms with E-state index in [-0.39, 0.29) is 0 Å². The molecule has 0 aromatic carbocycles. The number of hydrogen-bond acceptors (Lipinski definition) is 1. The van der Waals surface area contributed by atoms with Gasteiger partial charge in [0.05, 0.1) is 12.6 Å². The first kappa shape index (κ1) is 12.3. The quantitative estimate of drug-likeness (QED) is 0.725. The van der Waals surface area contributed by atoms with Gasteiger partial charge in [0.2, 0.25) is 0 Å². The summed E-state index contributed by atoms with van der Waals surface area (Å²) in [4.78, 5) is 0. The van der Waals surface area contributed by atoms with Crippen LogP contribution in [-0.2, 0) is 4.74 Å². The number of nitrogens with zero attached hydrogens (tertiary/aromatic N) is 1. The van der Waals surface area contributed by atoms with Crippen molar-refractivity contribution in [2.75, 3.05) is 13.2 Å². The van der Waals surface area contributed by atoms with E-state index >= 15 is 0 Å². The van der Waals surface area contributed by atoms with Gasteiger partial charge >= 0.3 is 0 Å². The average molecular weight is 209 g/mol. The van der Waals surface area contributed by atoms with Crippen molar-refractivity contribution in [3.8, 4) is 0 Å². The van der Waals surface area contributed by atoms with Gasteiger partial charge < -0.3 is 9.30 Å². The van der Waals surface area contributed by atoms with E-state index in [1.165, 1.54) is 11.4 Å². The van der Waals surface area contributed by atoms with Crippen molar-refractivity contribution in [1.82, 2.24) is 4.57 Å². The predicted molar refractivity (Wildman–Crippen MR) is 64.3 cm³/mol. The van der Waals surface area contributed by atoms with Crippen molar-refractivity contribution in [3.05, 3.63) is 23.5 Å². The second kappa shape index (κ2) is 5.36. The summed E-state index contributed by atoms with van der Waals surface area (Å²) in [6.45, 7) is 12.5. The number of rotatable bonds is 5. The molecule has 0 radical (unpaired) electrons. The van der Waals surface area contributed by atoms with Crippen molar-refractivity contribution in [1.29, 1.82) is 0 Å². The maximum atomic E-state index is 5.57. The van der Waals surface area contributed by atoms with Crippen molar-refractivity contribution in [2.24, 2.45) is 5.92 Å². The lowest BCUT2D eigenvalue weighted by Gasteiger charge is -2.26. The van der Waals surface area contributed by atoms with Crippen LogP contribution in [0.4, 0.5) is 0 Å². The lowest BCUT2D eigenvalue weighted by Crippen LogP contribution is -2.22. The molecule has 0 saturated heterocycles. The smallest absolute Gasteiger partial charge is 0.0676 e. The summed E-state index contributed by atoms with van der Waals surface area (Å²) in [7, 11) is 0. The Morgan fingerprint density at radius 2 is 1.73 bits per heavy atom. The lowest BCUT2D eigenvalue weighted by atomic mass is 10.0. The fourth-order valence-electron chi connectivity index (χ4n) is 2.01. The van der Waals surface area contributed by atoms with E-state index in [0.717, 1.165) is 13.2 Å². The average Bonchev–Trinajstić information content (AvgIpc) is 2.49. The van der Waals surface area contributed by atoms with Gasteiger partial charge in [-0.1, -0.05) is 13.8 Å². The molecule has 0 aliphatic rings. The highest BCUT2D eigenvalue weighted by atomic mass is 16.5. The Morgan fingerprint density at radius 1 is 1.20 bits per heavy atom. The monoisotopic (exact) mass is 209 g/mol. The summed E-state index contributed by atoms with van der Waals surface area (Å²) in [5.74, 6) is 0.598. The molecule has 1 heterocycles. The molecule has 0 amide bonds. The first-order valence-electron chi connectivity index (χ1n) is 5.80. The SMILES string of the molecule is CCOCC(C(C)C)n1c(C)ccc1C. The van der Waals surface area contributed by atoms with Crippen LogP contribution in [0.5, 0.6) is 0 Å². The molecule has 0 N–H and O–H groups in total. The minimum absolute atomic E-state index is 0.458. The Bertz CT molecular complexity index is 282. The molecule has 1 aromatic heterocycles. The summed E-state index contributed by atoms with van der Waals surface area (Å²) >= 11 is 0. The van der Waals surface area contributed by atoms with Gasteiger partial charge in [-0.25, -0.2) is 0 Å².